The number of rotatable bonds is 14. The first-order chi connectivity index (χ1) is 19.6. The molecule has 220 valence electrons. The average Bonchev–Trinajstić information content (AvgIpc) is 2.96. The highest BCUT2D eigenvalue weighted by molar-refractivity contribution is 5.99. The first-order valence-corrected chi connectivity index (χ1v) is 15.1. The van der Waals surface area contributed by atoms with Crippen molar-refractivity contribution in [2.24, 2.45) is 5.92 Å². The molecule has 0 fully saturated rings. The van der Waals surface area contributed by atoms with Crippen LogP contribution >= 0.6 is 0 Å². The van der Waals surface area contributed by atoms with Gasteiger partial charge in [0, 0.05) is 23.7 Å². The second kappa shape index (κ2) is 15.5. The van der Waals surface area contributed by atoms with Gasteiger partial charge in [0.05, 0.1) is 11.3 Å². The largest absolute Gasteiger partial charge is 0.445 e. The molecule has 0 bridgehead atoms. The van der Waals surface area contributed by atoms with Gasteiger partial charge in [-0.25, -0.2) is 14.8 Å². The summed E-state index contributed by atoms with van der Waals surface area (Å²) in [6, 6.07) is 17.5. The van der Waals surface area contributed by atoms with Crippen molar-refractivity contribution in [1.82, 2.24) is 15.3 Å². The first kappa shape index (κ1) is 32.0. The summed E-state index contributed by atoms with van der Waals surface area (Å²) in [5, 5.41) is 2.99. The van der Waals surface area contributed by atoms with Gasteiger partial charge < -0.3 is 10.1 Å². The number of ether oxygens (including phenoxy) is 1. The molecule has 0 aliphatic rings. The van der Waals surface area contributed by atoms with E-state index in [1.54, 1.807) is 6.20 Å². The zero-order valence-electron chi connectivity index (χ0n) is 25.7. The van der Waals surface area contributed by atoms with Crippen molar-refractivity contribution in [3.8, 4) is 11.4 Å². The van der Waals surface area contributed by atoms with Gasteiger partial charge in [-0.15, -0.1) is 0 Å². The molecule has 0 aliphatic heterocycles. The van der Waals surface area contributed by atoms with Gasteiger partial charge in [0.15, 0.2) is 11.6 Å². The summed E-state index contributed by atoms with van der Waals surface area (Å²) in [5.74, 6) is 0.0732. The Hall–Kier alpha value is -3.54. The Morgan fingerprint density at radius 2 is 1.59 bits per heavy atom. The molecule has 2 atom stereocenters. The van der Waals surface area contributed by atoms with Crippen molar-refractivity contribution < 1.29 is 14.3 Å². The zero-order chi connectivity index (χ0) is 29.8. The number of Topliss-reactive ketones (excluding diaryl/α,β-unsaturated/α-hetero) is 1. The van der Waals surface area contributed by atoms with E-state index in [0.29, 0.717) is 23.5 Å². The minimum atomic E-state index is -0.508. The van der Waals surface area contributed by atoms with Gasteiger partial charge in [0.1, 0.15) is 6.61 Å². The standard InChI is InChI=1S/C35H47N3O3/c1-7-8-9-10-11-15-18-31(38-34(40)41-24-27-16-13-12-14-17-27)25(2)32(39)30-23-36-33(37-26(30)3)28-19-21-29(22-20-28)35(4,5)6/h12-14,16-17,19-23,25,31H,7-11,15,18,24H2,1-6H3,(H,38,40)/t25-,31?/m0/s1. The van der Waals surface area contributed by atoms with Gasteiger partial charge >= 0.3 is 6.09 Å². The third kappa shape index (κ3) is 9.80. The maximum Gasteiger partial charge on any atom is 0.407 e. The van der Waals surface area contributed by atoms with Crippen LogP contribution in [0.1, 0.15) is 107 Å². The van der Waals surface area contributed by atoms with Crippen LogP contribution in [0.25, 0.3) is 11.4 Å². The second-order valence-corrected chi connectivity index (χ2v) is 12.0. The first-order valence-electron chi connectivity index (χ1n) is 15.1. The summed E-state index contributed by atoms with van der Waals surface area (Å²) in [6.07, 6.45) is 8.64. The highest BCUT2D eigenvalue weighted by Gasteiger charge is 2.28. The molecular weight excluding hydrogens is 510 g/mol. The van der Waals surface area contributed by atoms with Crippen molar-refractivity contribution in [2.75, 3.05) is 0 Å². The van der Waals surface area contributed by atoms with Crippen LogP contribution in [0.15, 0.2) is 60.8 Å². The van der Waals surface area contributed by atoms with Gasteiger partial charge in [-0.2, -0.15) is 0 Å². The van der Waals surface area contributed by atoms with Crippen LogP contribution in [0.5, 0.6) is 0 Å². The molecule has 0 spiro atoms. The Balaban J connectivity index is 1.70. The van der Waals surface area contributed by atoms with Gasteiger partial charge in [0.2, 0.25) is 0 Å². The molecule has 0 radical (unpaired) electrons. The molecule has 1 amide bonds. The lowest BCUT2D eigenvalue weighted by Crippen LogP contribution is -2.42. The van der Waals surface area contributed by atoms with E-state index in [-0.39, 0.29) is 23.8 Å². The van der Waals surface area contributed by atoms with Crippen LogP contribution in [0.4, 0.5) is 4.79 Å². The summed E-state index contributed by atoms with van der Waals surface area (Å²) >= 11 is 0. The molecule has 1 heterocycles. The molecule has 6 nitrogen and oxygen atoms in total. The number of nitrogens with one attached hydrogen (secondary N) is 1. The number of aryl methyl sites for hydroxylation is 1. The van der Waals surface area contributed by atoms with E-state index in [0.717, 1.165) is 30.4 Å². The van der Waals surface area contributed by atoms with E-state index >= 15 is 0 Å². The summed E-state index contributed by atoms with van der Waals surface area (Å²) < 4.78 is 5.49. The maximum atomic E-state index is 13.7. The normalized spacial score (nSPS) is 12.9. The van der Waals surface area contributed by atoms with Gasteiger partial charge in [-0.3, -0.25) is 4.79 Å². The lowest BCUT2D eigenvalue weighted by Gasteiger charge is -2.24. The van der Waals surface area contributed by atoms with Crippen molar-refractivity contribution in [3.05, 3.63) is 83.2 Å². The molecule has 41 heavy (non-hydrogen) atoms. The summed E-state index contributed by atoms with van der Waals surface area (Å²) in [6.45, 7) is 12.7. The van der Waals surface area contributed by atoms with Gasteiger partial charge in [-0.05, 0) is 29.9 Å². The number of hydrogen-bond acceptors (Lipinski definition) is 5. The van der Waals surface area contributed by atoms with E-state index in [2.05, 4.69) is 55.1 Å². The van der Waals surface area contributed by atoms with E-state index < -0.39 is 12.0 Å². The van der Waals surface area contributed by atoms with E-state index in [1.165, 1.54) is 24.8 Å². The quantitative estimate of drug-likeness (QED) is 0.158. The van der Waals surface area contributed by atoms with Crippen molar-refractivity contribution >= 4 is 11.9 Å². The number of benzene rings is 2. The number of carbonyl (C=O) groups is 2. The van der Waals surface area contributed by atoms with Crippen LogP contribution in [0.2, 0.25) is 0 Å². The van der Waals surface area contributed by atoms with Crippen LogP contribution in [0, 0.1) is 12.8 Å². The topological polar surface area (TPSA) is 81.2 Å². The fourth-order valence-corrected chi connectivity index (χ4v) is 4.90. The third-order valence-corrected chi connectivity index (χ3v) is 7.66. The third-order valence-electron chi connectivity index (χ3n) is 7.66. The van der Waals surface area contributed by atoms with Crippen LogP contribution < -0.4 is 5.32 Å². The Labute approximate surface area is 246 Å². The highest BCUT2D eigenvalue weighted by Crippen LogP contribution is 2.26. The molecule has 1 aromatic heterocycles. The van der Waals surface area contributed by atoms with E-state index in [1.807, 2.05) is 56.3 Å². The fraction of sp³-hybridized carbons (Fsp3) is 0.486. The molecule has 1 N–H and O–H groups in total. The average molecular weight is 558 g/mol. The number of hydrogen-bond donors (Lipinski definition) is 1. The Morgan fingerprint density at radius 3 is 2.22 bits per heavy atom. The second-order valence-electron chi connectivity index (χ2n) is 12.0. The minimum Gasteiger partial charge on any atom is -0.445 e. The number of nitrogens with zero attached hydrogens (tertiary/aromatic N) is 2. The summed E-state index contributed by atoms with van der Waals surface area (Å²) in [5.41, 5.74) is 4.26. The van der Waals surface area contributed by atoms with Gasteiger partial charge in [-0.1, -0.05) is 128 Å². The summed E-state index contributed by atoms with van der Waals surface area (Å²) in [7, 11) is 0. The Bertz CT molecular complexity index is 1250. The molecular formula is C35H47N3O3. The van der Waals surface area contributed by atoms with Crippen LogP contribution in [-0.4, -0.2) is 27.9 Å². The lowest BCUT2D eigenvalue weighted by atomic mass is 9.86. The molecule has 6 heteroatoms. The number of alkyl carbamates (subject to hydrolysis) is 1. The molecule has 0 aliphatic carbocycles. The monoisotopic (exact) mass is 557 g/mol. The minimum absolute atomic E-state index is 0.0652. The molecule has 3 rings (SSSR count). The fourth-order valence-electron chi connectivity index (χ4n) is 4.90. The lowest BCUT2D eigenvalue weighted by molar-refractivity contribution is 0.0885. The van der Waals surface area contributed by atoms with Crippen molar-refractivity contribution in [2.45, 2.75) is 105 Å². The van der Waals surface area contributed by atoms with Crippen molar-refractivity contribution in [3.63, 3.8) is 0 Å². The van der Waals surface area contributed by atoms with Crippen LogP contribution in [0.3, 0.4) is 0 Å². The van der Waals surface area contributed by atoms with Gasteiger partial charge in [0.25, 0.3) is 0 Å². The number of carbonyl (C=O) groups excluding carboxylic acids is 2. The predicted molar refractivity (Wildman–Crippen MR) is 166 cm³/mol. The Morgan fingerprint density at radius 1 is 0.927 bits per heavy atom. The summed E-state index contributed by atoms with van der Waals surface area (Å²) in [4.78, 5) is 35.7. The number of amides is 1. The van der Waals surface area contributed by atoms with Crippen molar-refractivity contribution in [1.29, 1.82) is 0 Å². The SMILES string of the molecule is CCCCCCCCC(NC(=O)OCc1ccccc1)[C@H](C)C(=O)c1cnc(-c2ccc(C(C)(C)C)cc2)nc1C. The molecule has 0 saturated carbocycles. The zero-order valence-corrected chi connectivity index (χ0v) is 25.7. The maximum absolute atomic E-state index is 13.7. The van der Waals surface area contributed by atoms with E-state index in [4.69, 9.17) is 4.74 Å². The molecule has 2 aromatic carbocycles. The predicted octanol–water partition coefficient (Wildman–Crippen LogP) is 8.61. The smallest absolute Gasteiger partial charge is 0.407 e. The number of aromatic nitrogens is 2. The molecule has 1 unspecified atom stereocenters. The number of ketones is 1. The van der Waals surface area contributed by atoms with Crippen LogP contribution in [-0.2, 0) is 16.8 Å². The molecule has 3 aromatic rings. The number of unbranched alkanes of at least 4 members (excludes halogenated alkanes) is 5. The Kier molecular flexibility index (Phi) is 12.1. The highest BCUT2D eigenvalue weighted by atomic mass is 16.5. The van der Waals surface area contributed by atoms with E-state index in [9.17, 15) is 9.59 Å². The molecule has 0 saturated heterocycles.